The summed E-state index contributed by atoms with van der Waals surface area (Å²) < 4.78 is 12.9. The molecule has 0 fully saturated rings. The van der Waals surface area contributed by atoms with Crippen LogP contribution in [0.15, 0.2) is 66.7 Å². The van der Waals surface area contributed by atoms with E-state index in [2.05, 4.69) is 102 Å². The maximum absolute atomic E-state index is 6.50. The molecular formula is C30H46O2. The highest BCUT2D eigenvalue weighted by Gasteiger charge is 2.36. The van der Waals surface area contributed by atoms with E-state index in [0.29, 0.717) is 11.8 Å². The molecule has 2 unspecified atom stereocenters. The van der Waals surface area contributed by atoms with Gasteiger partial charge in [-0.25, -0.2) is 0 Å². The molecule has 0 saturated carbocycles. The molecule has 0 aromatic heterocycles. The fraction of sp³-hybridized carbons (Fsp3) is 0.533. The molecule has 2 heteroatoms. The van der Waals surface area contributed by atoms with Crippen LogP contribution in [-0.2, 0) is 11.2 Å². The Hall–Kier alpha value is -2.06. The van der Waals surface area contributed by atoms with Crippen LogP contribution in [0.4, 0.5) is 0 Å². The van der Waals surface area contributed by atoms with Crippen molar-refractivity contribution < 1.29 is 9.47 Å². The van der Waals surface area contributed by atoms with E-state index in [9.17, 15) is 0 Å². The molecule has 2 aromatic carbocycles. The van der Waals surface area contributed by atoms with Gasteiger partial charge in [0.2, 0.25) is 6.29 Å². The molecule has 32 heavy (non-hydrogen) atoms. The Morgan fingerprint density at radius 2 is 1.41 bits per heavy atom. The van der Waals surface area contributed by atoms with E-state index in [1.165, 1.54) is 11.1 Å². The van der Waals surface area contributed by atoms with E-state index in [4.69, 9.17) is 9.47 Å². The first-order chi connectivity index (χ1) is 15.3. The van der Waals surface area contributed by atoms with E-state index < -0.39 is 0 Å². The fourth-order valence-corrected chi connectivity index (χ4v) is 3.75. The van der Waals surface area contributed by atoms with Crippen LogP contribution >= 0.6 is 0 Å². The van der Waals surface area contributed by atoms with E-state index in [1.807, 2.05) is 26.8 Å². The van der Waals surface area contributed by atoms with Crippen LogP contribution in [0.25, 0.3) is 0 Å². The minimum Gasteiger partial charge on any atom is -0.465 e. The van der Waals surface area contributed by atoms with Gasteiger partial charge in [-0.2, -0.15) is 0 Å². The molecule has 0 spiro atoms. The highest BCUT2D eigenvalue weighted by molar-refractivity contribution is 5.28. The Bertz CT molecular complexity index is 751. The van der Waals surface area contributed by atoms with Crippen LogP contribution in [0, 0.1) is 17.3 Å². The molecule has 0 aliphatic rings. The van der Waals surface area contributed by atoms with Gasteiger partial charge in [-0.15, -0.1) is 0 Å². The summed E-state index contributed by atoms with van der Waals surface area (Å²) in [7, 11) is 0. The molecule has 0 heterocycles. The highest BCUT2D eigenvalue weighted by atomic mass is 16.7. The zero-order valence-electron chi connectivity index (χ0n) is 21.9. The van der Waals surface area contributed by atoms with Crippen molar-refractivity contribution in [1.82, 2.24) is 0 Å². The van der Waals surface area contributed by atoms with Gasteiger partial charge in [0.15, 0.2) is 0 Å². The summed E-state index contributed by atoms with van der Waals surface area (Å²) in [5.74, 6) is 1.92. The van der Waals surface area contributed by atoms with Gasteiger partial charge >= 0.3 is 0 Å². The van der Waals surface area contributed by atoms with Crippen LogP contribution in [0.5, 0.6) is 5.75 Å². The SMILES string of the molecule is C/C=C\Cc1ccc(OC(CC(C)(C(C)C)C(C)C)OC(C)c2ccccc2)cc1.CC. The fourth-order valence-electron chi connectivity index (χ4n) is 3.75. The molecule has 2 nitrogen and oxygen atoms in total. The maximum Gasteiger partial charge on any atom is 0.201 e. The molecule has 2 atom stereocenters. The Morgan fingerprint density at radius 3 is 1.91 bits per heavy atom. The van der Waals surface area contributed by atoms with Crippen molar-refractivity contribution in [1.29, 1.82) is 0 Å². The summed E-state index contributed by atoms with van der Waals surface area (Å²) in [5, 5.41) is 0. The van der Waals surface area contributed by atoms with Crippen LogP contribution in [0.1, 0.15) is 86.0 Å². The van der Waals surface area contributed by atoms with Crippen molar-refractivity contribution in [3.8, 4) is 5.75 Å². The summed E-state index contributed by atoms with van der Waals surface area (Å²) in [6.07, 6.45) is 5.70. The molecule has 0 saturated heterocycles. The van der Waals surface area contributed by atoms with Gasteiger partial charge < -0.3 is 9.47 Å². The molecule has 0 amide bonds. The van der Waals surface area contributed by atoms with Gasteiger partial charge in [0, 0.05) is 6.42 Å². The average molecular weight is 439 g/mol. The van der Waals surface area contributed by atoms with Gasteiger partial charge in [0.25, 0.3) is 0 Å². The molecule has 0 aliphatic heterocycles. The zero-order valence-corrected chi connectivity index (χ0v) is 21.9. The normalized spacial score (nSPS) is 13.7. The van der Waals surface area contributed by atoms with Crippen molar-refractivity contribution >= 4 is 0 Å². The molecule has 0 aliphatic carbocycles. The minimum absolute atomic E-state index is 0.0336. The van der Waals surface area contributed by atoms with Gasteiger partial charge in [0.1, 0.15) is 5.75 Å². The van der Waals surface area contributed by atoms with E-state index >= 15 is 0 Å². The summed E-state index contributed by atoms with van der Waals surface area (Å²) in [4.78, 5) is 0. The maximum atomic E-state index is 6.50. The monoisotopic (exact) mass is 438 g/mol. The van der Waals surface area contributed by atoms with E-state index in [-0.39, 0.29) is 17.8 Å². The zero-order chi connectivity index (χ0) is 24.1. The Morgan fingerprint density at radius 1 is 0.844 bits per heavy atom. The standard InChI is InChI=1S/C28H40O2.C2H6/c1-8-9-13-24-16-18-26(19-17-24)30-27(20-28(7,21(2)3)22(4)5)29-23(6)25-14-11-10-12-15-25;1-2/h8-12,14-19,21-23,27H,13,20H2,1-7H3;1-2H3/b9-8-;. The van der Waals surface area contributed by atoms with Crippen LogP contribution in [0.2, 0.25) is 0 Å². The van der Waals surface area contributed by atoms with Crippen molar-refractivity contribution in [3.63, 3.8) is 0 Å². The largest absolute Gasteiger partial charge is 0.465 e. The summed E-state index contributed by atoms with van der Waals surface area (Å²) in [6.45, 7) is 19.7. The van der Waals surface area contributed by atoms with Crippen molar-refractivity contribution in [3.05, 3.63) is 77.9 Å². The van der Waals surface area contributed by atoms with Gasteiger partial charge in [-0.1, -0.05) is 103 Å². The van der Waals surface area contributed by atoms with Crippen LogP contribution in [-0.4, -0.2) is 6.29 Å². The number of hydrogen-bond acceptors (Lipinski definition) is 2. The van der Waals surface area contributed by atoms with Crippen molar-refractivity contribution in [2.24, 2.45) is 17.3 Å². The predicted molar refractivity (Wildman–Crippen MR) is 139 cm³/mol. The lowest BCUT2D eigenvalue weighted by molar-refractivity contribution is -0.144. The van der Waals surface area contributed by atoms with Gasteiger partial charge in [0.05, 0.1) is 6.10 Å². The lowest BCUT2D eigenvalue weighted by Crippen LogP contribution is -2.37. The third-order valence-corrected chi connectivity index (χ3v) is 6.65. The Balaban J connectivity index is 0.00000249. The molecule has 2 aromatic rings. The van der Waals surface area contributed by atoms with Crippen LogP contribution < -0.4 is 4.74 Å². The third-order valence-electron chi connectivity index (χ3n) is 6.65. The highest BCUT2D eigenvalue weighted by Crippen LogP contribution is 2.41. The summed E-state index contributed by atoms with van der Waals surface area (Å²) >= 11 is 0. The molecule has 0 N–H and O–H groups in total. The second-order valence-corrected chi connectivity index (χ2v) is 9.17. The van der Waals surface area contributed by atoms with Crippen molar-refractivity contribution in [2.45, 2.75) is 87.5 Å². The van der Waals surface area contributed by atoms with Crippen molar-refractivity contribution in [2.75, 3.05) is 0 Å². The van der Waals surface area contributed by atoms with Crippen LogP contribution in [0.3, 0.4) is 0 Å². The lowest BCUT2D eigenvalue weighted by Gasteiger charge is -2.40. The first-order valence-electron chi connectivity index (χ1n) is 12.3. The minimum atomic E-state index is -0.309. The number of benzene rings is 2. The van der Waals surface area contributed by atoms with E-state index in [0.717, 1.165) is 18.6 Å². The molecule has 2 rings (SSSR count). The topological polar surface area (TPSA) is 18.5 Å². The average Bonchev–Trinajstić information content (AvgIpc) is 2.80. The summed E-state index contributed by atoms with van der Waals surface area (Å²) in [6, 6.07) is 18.8. The van der Waals surface area contributed by atoms with E-state index in [1.54, 1.807) is 0 Å². The first kappa shape index (κ1) is 28.0. The molecule has 0 bridgehead atoms. The first-order valence-corrected chi connectivity index (χ1v) is 12.3. The second kappa shape index (κ2) is 14.2. The number of hydrogen-bond donors (Lipinski definition) is 0. The number of rotatable bonds is 11. The smallest absolute Gasteiger partial charge is 0.201 e. The molecule has 0 radical (unpaired) electrons. The number of ether oxygens (including phenoxy) is 2. The second-order valence-electron chi connectivity index (χ2n) is 9.17. The quantitative estimate of drug-likeness (QED) is 0.257. The summed E-state index contributed by atoms with van der Waals surface area (Å²) in [5.41, 5.74) is 2.57. The lowest BCUT2D eigenvalue weighted by atomic mass is 9.68. The van der Waals surface area contributed by atoms with Gasteiger partial charge in [-0.3, -0.25) is 0 Å². The Kier molecular flexibility index (Phi) is 12.4. The van der Waals surface area contributed by atoms with Gasteiger partial charge in [-0.05, 0) is 60.8 Å². The molecular weight excluding hydrogens is 392 g/mol. The number of allylic oxidation sites excluding steroid dienone is 2. The predicted octanol–water partition coefficient (Wildman–Crippen LogP) is 9.02. The Labute approximate surface area is 198 Å². The molecule has 178 valence electrons. The third kappa shape index (κ3) is 8.47.